The van der Waals surface area contributed by atoms with Gasteiger partial charge in [0, 0.05) is 13.1 Å². The first-order chi connectivity index (χ1) is 14.0. The van der Waals surface area contributed by atoms with Crippen LogP contribution in [0, 0.1) is 0 Å². The summed E-state index contributed by atoms with van der Waals surface area (Å²) in [7, 11) is 1.25. The van der Waals surface area contributed by atoms with Gasteiger partial charge in [-0.1, -0.05) is 31.9 Å². The Balaban J connectivity index is 2.06. The second-order valence-electron chi connectivity index (χ2n) is 6.59. The molecule has 1 saturated heterocycles. The Labute approximate surface area is 175 Å². The molecule has 2 N–H and O–H groups in total. The second kappa shape index (κ2) is 11.4. The predicted molar refractivity (Wildman–Crippen MR) is 112 cm³/mol. The zero-order chi connectivity index (χ0) is 21.2. The van der Waals surface area contributed by atoms with Crippen molar-refractivity contribution in [2.24, 2.45) is 0 Å². The molecular weight excluding hydrogens is 394 g/mol. The number of carbonyl (C=O) groups is 3. The molecule has 1 aliphatic rings. The quantitative estimate of drug-likeness (QED) is 0.374. The number of carbonyl (C=O) groups excluding carboxylic acids is 3. The number of ether oxygens (including phenoxy) is 2. The number of esters is 1. The molecule has 1 aromatic carbocycles. The van der Waals surface area contributed by atoms with Crippen molar-refractivity contribution < 1.29 is 23.9 Å². The normalized spacial score (nSPS) is 16.0. The summed E-state index contributed by atoms with van der Waals surface area (Å²) in [4.78, 5) is 38.2. The summed E-state index contributed by atoms with van der Waals surface area (Å²) in [6.45, 7) is 3.37. The maximum absolute atomic E-state index is 12.8. The first-order valence-electron chi connectivity index (χ1n) is 9.66. The summed E-state index contributed by atoms with van der Waals surface area (Å²) in [5, 5.41) is 5.43. The summed E-state index contributed by atoms with van der Waals surface area (Å²) < 4.78 is 10.4. The number of nitrogens with one attached hydrogen (secondary N) is 2. The van der Waals surface area contributed by atoms with Crippen molar-refractivity contribution in [3.05, 3.63) is 29.8 Å². The van der Waals surface area contributed by atoms with Gasteiger partial charge in [-0.15, -0.1) is 0 Å². The van der Waals surface area contributed by atoms with Crippen molar-refractivity contribution in [3.63, 3.8) is 0 Å². The van der Waals surface area contributed by atoms with Crippen molar-refractivity contribution in [2.75, 3.05) is 26.8 Å². The van der Waals surface area contributed by atoms with Crippen LogP contribution in [0.4, 0.5) is 0 Å². The molecule has 29 heavy (non-hydrogen) atoms. The topological polar surface area (TPSA) is 97.0 Å². The van der Waals surface area contributed by atoms with Crippen LogP contribution in [0.15, 0.2) is 24.3 Å². The van der Waals surface area contributed by atoms with Crippen LogP contribution in [0.3, 0.4) is 0 Å². The Kier molecular flexibility index (Phi) is 8.85. The lowest BCUT2D eigenvalue weighted by Crippen LogP contribution is -2.60. The van der Waals surface area contributed by atoms with E-state index in [0.29, 0.717) is 31.0 Å². The average Bonchev–Trinajstić information content (AvgIpc) is 2.72. The number of nitrogens with zero attached hydrogens (tertiary/aromatic N) is 1. The molecular formula is C20H27N3O5S. The standard InChI is InChI=1S/C20H27N3O5S/c1-3-4-7-12-28-16-9-6-5-8-14(16)18(25)22-20(29)23-11-10-21-19(26)15(23)13-17(24)27-2/h5-6,8-9,15H,3-4,7,10-13H2,1-2H3,(H,21,26)(H,22,25,29)/t15-/m1/s1. The van der Waals surface area contributed by atoms with E-state index in [0.717, 1.165) is 19.3 Å². The molecule has 2 rings (SSSR count). The van der Waals surface area contributed by atoms with Crippen molar-refractivity contribution in [1.29, 1.82) is 0 Å². The molecule has 1 aliphatic heterocycles. The van der Waals surface area contributed by atoms with Gasteiger partial charge in [0.2, 0.25) is 5.91 Å². The van der Waals surface area contributed by atoms with E-state index >= 15 is 0 Å². The number of benzene rings is 1. The van der Waals surface area contributed by atoms with Crippen LogP contribution >= 0.6 is 12.2 Å². The molecule has 1 fully saturated rings. The summed E-state index contributed by atoms with van der Waals surface area (Å²) in [6, 6.07) is 6.10. The number of amides is 2. The lowest BCUT2D eigenvalue weighted by molar-refractivity contribution is -0.144. The Bertz CT molecular complexity index is 755. The van der Waals surface area contributed by atoms with Gasteiger partial charge in [0.05, 0.1) is 25.7 Å². The van der Waals surface area contributed by atoms with Crippen LogP contribution in [0.2, 0.25) is 0 Å². The third kappa shape index (κ3) is 6.42. The molecule has 0 bridgehead atoms. The minimum atomic E-state index is -0.829. The summed E-state index contributed by atoms with van der Waals surface area (Å²) >= 11 is 5.36. The maximum atomic E-state index is 12.8. The fraction of sp³-hybridized carbons (Fsp3) is 0.500. The third-order valence-corrected chi connectivity index (χ3v) is 4.87. The molecule has 158 valence electrons. The Morgan fingerprint density at radius 1 is 1.31 bits per heavy atom. The van der Waals surface area contributed by atoms with Crippen molar-refractivity contribution in [2.45, 2.75) is 38.6 Å². The van der Waals surface area contributed by atoms with Crippen molar-refractivity contribution in [1.82, 2.24) is 15.5 Å². The van der Waals surface area contributed by atoms with Crippen molar-refractivity contribution in [3.8, 4) is 5.75 Å². The molecule has 9 heteroatoms. The molecule has 0 saturated carbocycles. The van der Waals surface area contributed by atoms with Gasteiger partial charge in [-0.3, -0.25) is 19.7 Å². The number of thiocarbonyl (C=S) groups is 1. The van der Waals surface area contributed by atoms with E-state index < -0.39 is 17.9 Å². The van der Waals surface area contributed by atoms with Gasteiger partial charge in [-0.05, 0) is 30.8 Å². The SMILES string of the molecule is CCCCCOc1ccccc1C(=O)NC(=S)N1CCNC(=O)[C@H]1CC(=O)OC. The van der Waals surface area contributed by atoms with Gasteiger partial charge in [0.25, 0.3) is 5.91 Å². The van der Waals surface area contributed by atoms with Gasteiger partial charge in [-0.25, -0.2) is 0 Å². The number of piperazine rings is 1. The molecule has 1 heterocycles. The van der Waals surface area contributed by atoms with Crippen LogP contribution in [0.1, 0.15) is 43.0 Å². The van der Waals surface area contributed by atoms with E-state index in [2.05, 4.69) is 22.3 Å². The van der Waals surface area contributed by atoms with E-state index in [9.17, 15) is 14.4 Å². The maximum Gasteiger partial charge on any atom is 0.308 e. The van der Waals surface area contributed by atoms with E-state index in [1.807, 2.05) is 0 Å². The van der Waals surface area contributed by atoms with Gasteiger partial charge in [0.15, 0.2) is 5.11 Å². The summed E-state index contributed by atoms with van der Waals surface area (Å²) in [6.07, 6.45) is 2.88. The summed E-state index contributed by atoms with van der Waals surface area (Å²) in [5.74, 6) is -0.815. The molecule has 0 spiro atoms. The van der Waals surface area contributed by atoms with E-state index in [4.69, 9.17) is 17.0 Å². The minimum Gasteiger partial charge on any atom is -0.493 e. The Morgan fingerprint density at radius 2 is 2.07 bits per heavy atom. The van der Waals surface area contributed by atoms with E-state index in [-0.39, 0.29) is 17.4 Å². The van der Waals surface area contributed by atoms with Crippen LogP contribution in [0.25, 0.3) is 0 Å². The molecule has 8 nitrogen and oxygen atoms in total. The zero-order valence-corrected chi connectivity index (χ0v) is 17.5. The number of hydrogen-bond donors (Lipinski definition) is 2. The van der Waals surface area contributed by atoms with Crippen LogP contribution < -0.4 is 15.4 Å². The number of methoxy groups -OCH3 is 1. The lowest BCUT2D eigenvalue weighted by Gasteiger charge is -2.36. The molecule has 0 aromatic heterocycles. The molecule has 0 radical (unpaired) electrons. The smallest absolute Gasteiger partial charge is 0.308 e. The fourth-order valence-electron chi connectivity index (χ4n) is 2.95. The molecule has 0 unspecified atom stereocenters. The Hall–Kier alpha value is -2.68. The predicted octanol–water partition coefficient (Wildman–Crippen LogP) is 1.63. The highest BCUT2D eigenvalue weighted by Crippen LogP contribution is 2.19. The number of hydrogen-bond acceptors (Lipinski definition) is 6. The first kappa shape index (κ1) is 22.6. The number of rotatable bonds is 8. The lowest BCUT2D eigenvalue weighted by atomic mass is 10.1. The first-order valence-corrected chi connectivity index (χ1v) is 10.1. The van der Waals surface area contributed by atoms with E-state index in [1.54, 1.807) is 24.3 Å². The number of para-hydroxylation sites is 1. The average molecular weight is 422 g/mol. The monoisotopic (exact) mass is 421 g/mol. The zero-order valence-electron chi connectivity index (χ0n) is 16.7. The highest BCUT2D eigenvalue weighted by atomic mass is 32.1. The largest absolute Gasteiger partial charge is 0.493 e. The highest BCUT2D eigenvalue weighted by molar-refractivity contribution is 7.80. The highest BCUT2D eigenvalue weighted by Gasteiger charge is 2.34. The van der Waals surface area contributed by atoms with Crippen molar-refractivity contribution >= 4 is 35.1 Å². The van der Waals surface area contributed by atoms with Gasteiger partial charge in [0.1, 0.15) is 11.8 Å². The van der Waals surface area contributed by atoms with Crippen LogP contribution in [-0.4, -0.2) is 60.6 Å². The number of unbranched alkanes of at least 4 members (excludes halogenated alkanes) is 2. The van der Waals surface area contributed by atoms with Crippen LogP contribution in [-0.2, 0) is 14.3 Å². The van der Waals surface area contributed by atoms with Gasteiger partial charge >= 0.3 is 5.97 Å². The van der Waals surface area contributed by atoms with E-state index in [1.165, 1.54) is 12.0 Å². The molecule has 1 aromatic rings. The molecule has 1 atom stereocenters. The molecule has 2 amide bonds. The van der Waals surface area contributed by atoms with Gasteiger partial charge < -0.3 is 19.7 Å². The Morgan fingerprint density at radius 3 is 2.79 bits per heavy atom. The summed E-state index contributed by atoms with van der Waals surface area (Å²) in [5.41, 5.74) is 0.359. The van der Waals surface area contributed by atoms with Gasteiger partial charge in [-0.2, -0.15) is 0 Å². The molecule has 0 aliphatic carbocycles. The second-order valence-corrected chi connectivity index (χ2v) is 6.98. The van der Waals surface area contributed by atoms with Crippen LogP contribution in [0.5, 0.6) is 5.75 Å². The third-order valence-electron chi connectivity index (χ3n) is 4.54. The fourth-order valence-corrected chi connectivity index (χ4v) is 3.26. The minimum absolute atomic E-state index is 0.0829.